The molecule has 4 heteroatoms. The van der Waals surface area contributed by atoms with Gasteiger partial charge in [-0.3, -0.25) is 9.69 Å². The van der Waals surface area contributed by atoms with Crippen LogP contribution in [0.2, 0.25) is 0 Å². The van der Waals surface area contributed by atoms with Gasteiger partial charge in [0.05, 0.1) is 0 Å². The van der Waals surface area contributed by atoms with E-state index in [9.17, 15) is 4.79 Å². The molecule has 1 aromatic carbocycles. The molecule has 1 spiro atoms. The quantitative estimate of drug-likeness (QED) is 0.898. The summed E-state index contributed by atoms with van der Waals surface area (Å²) in [6, 6.07) is 9.73. The molecule has 2 aliphatic rings. The van der Waals surface area contributed by atoms with Gasteiger partial charge in [-0.1, -0.05) is 37.5 Å². The zero-order valence-corrected chi connectivity index (χ0v) is 13.3. The van der Waals surface area contributed by atoms with Crippen molar-refractivity contribution < 1.29 is 4.79 Å². The van der Waals surface area contributed by atoms with Gasteiger partial charge in [0.15, 0.2) is 0 Å². The Morgan fingerprint density at radius 3 is 2.73 bits per heavy atom. The molecule has 0 atom stereocenters. The Kier molecular flexibility index (Phi) is 5.11. The maximum absolute atomic E-state index is 12.2. The van der Waals surface area contributed by atoms with Gasteiger partial charge in [-0.2, -0.15) is 0 Å². The minimum atomic E-state index is 0.121. The highest BCUT2D eigenvalue weighted by Crippen LogP contribution is 2.34. The summed E-state index contributed by atoms with van der Waals surface area (Å²) in [4.78, 5) is 14.7. The van der Waals surface area contributed by atoms with Crippen molar-refractivity contribution in [1.82, 2.24) is 10.2 Å². The molecule has 0 bridgehead atoms. The summed E-state index contributed by atoms with van der Waals surface area (Å²) in [5.74, 6) is 0.121. The predicted octanol–water partition coefficient (Wildman–Crippen LogP) is 2.62. The highest BCUT2D eigenvalue weighted by Gasteiger charge is 2.39. The van der Waals surface area contributed by atoms with Crippen LogP contribution >= 0.6 is 0 Å². The lowest BCUT2D eigenvalue weighted by molar-refractivity contribution is -0.117. The fourth-order valence-electron chi connectivity index (χ4n) is 3.92. The van der Waals surface area contributed by atoms with Crippen LogP contribution in [-0.2, 0) is 4.79 Å². The fourth-order valence-corrected chi connectivity index (χ4v) is 3.92. The summed E-state index contributed by atoms with van der Waals surface area (Å²) in [6.07, 6.45) is 7.16. The van der Waals surface area contributed by atoms with Crippen LogP contribution in [0.1, 0.15) is 38.5 Å². The van der Waals surface area contributed by atoms with Gasteiger partial charge in [0, 0.05) is 43.8 Å². The molecule has 4 nitrogen and oxygen atoms in total. The molecule has 1 saturated heterocycles. The van der Waals surface area contributed by atoms with Crippen LogP contribution in [0.15, 0.2) is 30.3 Å². The van der Waals surface area contributed by atoms with Crippen LogP contribution in [-0.4, -0.2) is 42.5 Å². The summed E-state index contributed by atoms with van der Waals surface area (Å²) < 4.78 is 0. The zero-order chi connectivity index (χ0) is 15.3. The highest BCUT2D eigenvalue weighted by atomic mass is 16.1. The second-order valence-corrected chi connectivity index (χ2v) is 6.61. The van der Waals surface area contributed by atoms with E-state index in [4.69, 9.17) is 0 Å². The fraction of sp³-hybridized carbons (Fsp3) is 0.611. The number of rotatable bonds is 4. The lowest BCUT2D eigenvalue weighted by Gasteiger charge is -2.50. The largest absolute Gasteiger partial charge is 0.326 e. The van der Waals surface area contributed by atoms with Crippen molar-refractivity contribution in [2.75, 3.05) is 31.5 Å². The number of para-hydroxylation sites is 1. The molecular weight excluding hydrogens is 274 g/mol. The SMILES string of the molecule is O=C(CCN1CCNCC12CCCCC2)Nc1ccccc1. The maximum atomic E-state index is 12.2. The summed E-state index contributed by atoms with van der Waals surface area (Å²) in [7, 11) is 0. The molecule has 1 aliphatic carbocycles. The summed E-state index contributed by atoms with van der Waals surface area (Å²) >= 11 is 0. The third kappa shape index (κ3) is 3.68. The monoisotopic (exact) mass is 301 g/mol. The van der Waals surface area contributed by atoms with Crippen molar-refractivity contribution >= 4 is 11.6 Å². The molecule has 3 rings (SSSR count). The maximum Gasteiger partial charge on any atom is 0.225 e. The van der Waals surface area contributed by atoms with Crippen LogP contribution in [0.4, 0.5) is 5.69 Å². The highest BCUT2D eigenvalue weighted by molar-refractivity contribution is 5.90. The number of carbonyl (C=O) groups is 1. The lowest BCUT2D eigenvalue weighted by atomic mass is 9.79. The lowest BCUT2D eigenvalue weighted by Crippen LogP contribution is -2.62. The molecule has 1 aromatic rings. The number of piperazine rings is 1. The molecule has 2 fully saturated rings. The van der Waals surface area contributed by atoms with Crippen LogP contribution in [0.3, 0.4) is 0 Å². The van der Waals surface area contributed by atoms with E-state index in [2.05, 4.69) is 15.5 Å². The van der Waals surface area contributed by atoms with E-state index in [1.165, 1.54) is 32.1 Å². The molecular formula is C18H27N3O. The average molecular weight is 301 g/mol. The molecule has 0 aromatic heterocycles. The number of benzene rings is 1. The molecule has 1 aliphatic heterocycles. The Morgan fingerprint density at radius 2 is 1.95 bits per heavy atom. The molecule has 22 heavy (non-hydrogen) atoms. The topological polar surface area (TPSA) is 44.4 Å². The third-order valence-corrected chi connectivity index (χ3v) is 5.13. The van der Waals surface area contributed by atoms with Gasteiger partial charge < -0.3 is 10.6 Å². The van der Waals surface area contributed by atoms with Crippen LogP contribution < -0.4 is 10.6 Å². The summed E-state index contributed by atoms with van der Waals surface area (Å²) in [5.41, 5.74) is 1.20. The summed E-state index contributed by atoms with van der Waals surface area (Å²) in [5, 5.41) is 6.55. The van der Waals surface area contributed by atoms with Gasteiger partial charge >= 0.3 is 0 Å². The zero-order valence-electron chi connectivity index (χ0n) is 13.3. The summed E-state index contributed by atoms with van der Waals surface area (Å²) in [6.45, 7) is 4.08. The standard InChI is InChI=1S/C18H27N3O/c22-17(20-16-7-3-1-4-8-16)9-13-21-14-12-19-15-18(21)10-5-2-6-11-18/h1,3-4,7-8,19H,2,5-6,9-15H2,(H,20,22). The molecule has 1 saturated carbocycles. The van der Waals surface area contributed by atoms with Gasteiger partial charge in [-0.05, 0) is 25.0 Å². The normalized spacial score (nSPS) is 21.6. The minimum absolute atomic E-state index is 0.121. The Labute approximate surface area is 133 Å². The van der Waals surface area contributed by atoms with E-state index >= 15 is 0 Å². The van der Waals surface area contributed by atoms with Gasteiger partial charge in [-0.25, -0.2) is 0 Å². The number of carbonyl (C=O) groups excluding carboxylic acids is 1. The number of nitrogens with one attached hydrogen (secondary N) is 2. The number of hydrogen-bond donors (Lipinski definition) is 2. The Bertz CT molecular complexity index is 474. The molecule has 0 unspecified atom stereocenters. The Balaban J connectivity index is 1.53. The second-order valence-electron chi connectivity index (χ2n) is 6.61. The smallest absolute Gasteiger partial charge is 0.225 e. The molecule has 120 valence electrons. The van der Waals surface area contributed by atoms with Crippen molar-refractivity contribution in [1.29, 1.82) is 0 Å². The van der Waals surface area contributed by atoms with E-state index in [1.54, 1.807) is 0 Å². The third-order valence-electron chi connectivity index (χ3n) is 5.13. The van der Waals surface area contributed by atoms with E-state index < -0.39 is 0 Å². The Morgan fingerprint density at radius 1 is 1.18 bits per heavy atom. The first kappa shape index (κ1) is 15.5. The van der Waals surface area contributed by atoms with E-state index in [1.807, 2.05) is 30.3 Å². The van der Waals surface area contributed by atoms with Gasteiger partial charge in [-0.15, -0.1) is 0 Å². The van der Waals surface area contributed by atoms with Crippen LogP contribution in [0.5, 0.6) is 0 Å². The first-order valence-electron chi connectivity index (χ1n) is 8.59. The van der Waals surface area contributed by atoms with Crippen molar-refractivity contribution in [2.24, 2.45) is 0 Å². The van der Waals surface area contributed by atoms with Crippen molar-refractivity contribution in [3.05, 3.63) is 30.3 Å². The number of anilines is 1. The number of hydrogen-bond acceptors (Lipinski definition) is 3. The second kappa shape index (κ2) is 7.25. The first-order valence-corrected chi connectivity index (χ1v) is 8.59. The first-order chi connectivity index (χ1) is 10.8. The van der Waals surface area contributed by atoms with Crippen LogP contribution in [0, 0.1) is 0 Å². The van der Waals surface area contributed by atoms with E-state index in [0.29, 0.717) is 12.0 Å². The van der Waals surface area contributed by atoms with Gasteiger partial charge in [0.25, 0.3) is 0 Å². The minimum Gasteiger partial charge on any atom is -0.326 e. The van der Waals surface area contributed by atoms with Crippen molar-refractivity contribution in [3.63, 3.8) is 0 Å². The molecule has 0 radical (unpaired) electrons. The average Bonchev–Trinajstić information content (AvgIpc) is 2.56. The van der Waals surface area contributed by atoms with E-state index in [-0.39, 0.29) is 5.91 Å². The van der Waals surface area contributed by atoms with Gasteiger partial charge in [0.2, 0.25) is 5.91 Å². The number of amides is 1. The van der Waals surface area contributed by atoms with E-state index in [0.717, 1.165) is 31.9 Å². The Hall–Kier alpha value is -1.39. The van der Waals surface area contributed by atoms with Crippen molar-refractivity contribution in [3.8, 4) is 0 Å². The van der Waals surface area contributed by atoms with Crippen molar-refractivity contribution in [2.45, 2.75) is 44.1 Å². The van der Waals surface area contributed by atoms with Crippen LogP contribution in [0.25, 0.3) is 0 Å². The number of nitrogens with zero attached hydrogens (tertiary/aromatic N) is 1. The van der Waals surface area contributed by atoms with Gasteiger partial charge in [0.1, 0.15) is 0 Å². The predicted molar refractivity (Wildman–Crippen MR) is 89.9 cm³/mol. The molecule has 1 amide bonds. The molecule has 1 heterocycles. The molecule has 2 N–H and O–H groups in total.